The normalized spacial score (nSPS) is 23.1. The van der Waals surface area contributed by atoms with Gasteiger partial charge in [-0.05, 0) is 44.9 Å². The molecule has 0 spiro atoms. The number of piperidine rings is 1. The SMILES string of the molecule is CC(C)(C)OC(=O)N1CC(Oc2ccc(C3CCN(C(=O)O)CC3O)cc2)C1. The topological polar surface area (TPSA) is 99.5 Å². The average Bonchev–Trinajstić information content (AvgIpc) is 2.56. The summed E-state index contributed by atoms with van der Waals surface area (Å²) < 4.78 is 11.2. The third-order valence-corrected chi connectivity index (χ3v) is 4.96. The maximum Gasteiger partial charge on any atom is 0.410 e. The number of aliphatic hydroxyl groups excluding tert-OH is 1. The molecule has 2 heterocycles. The van der Waals surface area contributed by atoms with E-state index in [0.717, 1.165) is 5.56 Å². The van der Waals surface area contributed by atoms with Gasteiger partial charge in [0, 0.05) is 12.5 Å². The average molecular weight is 392 g/mol. The number of hydrogen-bond donors (Lipinski definition) is 2. The van der Waals surface area contributed by atoms with Crippen molar-refractivity contribution in [2.75, 3.05) is 26.2 Å². The van der Waals surface area contributed by atoms with Crippen LogP contribution in [0.3, 0.4) is 0 Å². The monoisotopic (exact) mass is 392 g/mol. The Morgan fingerprint density at radius 3 is 2.25 bits per heavy atom. The smallest absolute Gasteiger partial charge is 0.410 e. The van der Waals surface area contributed by atoms with Crippen molar-refractivity contribution in [2.45, 2.75) is 50.9 Å². The first-order valence-electron chi connectivity index (χ1n) is 9.53. The van der Waals surface area contributed by atoms with Gasteiger partial charge < -0.3 is 29.5 Å². The van der Waals surface area contributed by atoms with Gasteiger partial charge in [0.05, 0.1) is 25.7 Å². The highest BCUT2D eigenvalue weighted by atomic mass is 16.6. The summed E-state index contributed by atoms with van der Waals surface area (Å²) in [5, 5.41) is 19.3. The molecule has 2 saturated heterocycles. The van der Waals surface area contributed by atoms with Crippen molar-refractivity contribution in [3.63, 3.8) is 0 Å². The first-order chi connectivity index (χ1) is 13.1. The minimum atomic E-state index is -0.998. The summed E-state index contributed by atoms with van der Waals surface area (Å²) in [6.07, 6.45) is -1.53. The molecule has 3 rings (SSSR count). The third kappa shape index (κ3) is 4.86. The van der Waals surface area contributed by atoms with Crippen LogP contribution in [0.15, 0.2) is 24.3 Å². The second-order valence-corrected chi connectivity index (χ2v) is 8.39. The molecular weight excluding hydrogens is 364 g/mol. The fraction of sp³-hybridized carbons (Fsp3) is 0.600. The summed E-state index contributed by atoms with van der Waals surface area (Å²) in [6, 6.07) is 7.51. The number of carbonyl (C=O) groups is 2. The molecule has 0 aromatic heterocycles. The van der Waals surface area contributed by atoms with Crippen LogP contribution in [-0.4, -0.2) is 76.2 Å². The number of benzene rings is 1. The van der Waals surface area contributed by atoms with E-state index in [1.165, 1.54) is 4.90 Å². The number of carboxylic acid groups (broad SMARTS) is 1. The third-order valence-electron chi connectivity index (χ3n) is 4.96. The van der Waals surface area contributed by atoms with Crippen LogP contribution in [0.25, 0.3) is 0 Å². The highest BCUT2D eigenvalue weighted by molar-refractivity contribution is 5.69. The Balaban J connectivity index is 1.48. The highest BCUT2D eigenvalue weighted by Crippen LogP contribution is 2.30. The maximum atomic E-state index is 11.9. The van der Waals surface area contributed by atoms with E-state index in [4.69, 9.17) is 14.6 Å². The number of nitrogens with zero attached hydrogens (tertiary/aromatic N) is 2. The van der Waals surface area contributed by atoms with Gasteiger partial charge in [0.15, 0.2) is 0 Å². The molecule has 8 nitrogen and oxygen atoms in total. The lowest BCUT2D eigenvalue weighted by Crippen LogP contribution is -2.57. The van der Waals surface area contributed by atoms with Crippen LogP contribution in [0.5, 0.6) is 5.75 Å². The van der Waals surface area contributed by atoms with E-state index in [0.29, 0.717) is 31.8 Å². The lowest BCUT2D eigenvalue weighted by Gasteiger charge is -2.39. The van der Waals surface area contributed by atoms with Crippen molar-refractivity contribution in [3.8, 4) is 5.75 Å². The number of rotatable bonds is 3. The fourth-order valence-electron chi connectivity index (χ4n) is 3.47. The Labute approximate surface area is 164 Å². The Bertz CT molecular complexity index is 708. The summed E-state index contributed by atoms with van der Waals surface area (Å²) >= 11 is 0. The quantitative estimate of drug-likeness (QED) is 0.820. The van der Waals surface area contributed by atoms with E-state index in [9.17, 15) is 14.7 Å². The molecule has 2 aliphatic rings. The van der Waals surface area contributed by atoms with Gasteiger partial charge in [0.1, 0.15) is 17.5 Å². The molecule has 2 unspecified atom stereocenters. The van der Waals surface area contributed by atoms with E-state index < -0.39 is 17.8 Å². The van der Waals surface area contributed by atoms with Crippen LogP contribution < -0.4 is 4.74 Å². The van der Waals surface area contributed by atoms with E-state index in [1.807, 2.05) is 45.0 Å². The molecule has 0 aliphatic carbocycles. The number of amides is 2. The Hall–Kier alpha value is -2.48. The van der Waals surface area contributed by atoms with Crippen LogP contribution in [-0.2, 0) is 4.74 Å². The molecule has 2 fully saturated rings. The highest BCUT2D eigenvalue weighted by Gasteiger charge is 2.35. The predicted octanol–water partition coefficient (Wildman–Crippen LogP) is 2.51. The van der Waals surface area contributed by atoms with Crippen molar-refractivity contribution >= 4 is 12.2 Å². The lowest BCUT2D eigenvalue weighted by molar-refractivity contribution is -0.0221. The number of β-amino-alcohol motifs (C(OH)–C–C–N with tert-alkyl or cyclic N) is 1. The van der Waals surface area contributed by atoms with E-state index in [-0.39, 0.29) is 24.7 Å². The number of ether oxygens (including phenoxy) is 2. The van der Waals surface area contributed by atoms with Crippen molar-refractivity contribution < 1.29 is 29.3 Å². The van der Waals surface area contributed by atoms with E-state index in [2.05, 4.69) is 0 Å². The first-order valence-corrected chi connectivity index (χ1v) is 9.53. The van der Waals surface area contributed by atoms with Crippen molar-refractivity contribution in [1.29, 1.82) is 0 Å². The zero-order valence-corrected chi connectivity index (χ0v) is 16.5. The molecule has 2 amide bonds. The Kier molecular flexibility index (Phi) is 5.69. The number of carbonyl (C=O) groups excluding carboxylic acids is 1. The van der Waals surface area contributed by atoms with Gasteiger partial charge in [0.2, 0.25) is 0 Å². The van der Waals surface area contributed by atoms with Gasteiger partial charge in [0.25, 0.3) is 0 Å². The molecular formula is C20H28N2O6. The molecule has 1 aromatic rings. The van der Waals surface area contributed by atoms with E-state index >= 15 is 0 Å². The van der Waals surface area contributed by atoms with E-state index in [1.54, 1.807) is 4.90 Å². The Morgan fingerprint density at radius 2 is 1.71 bits per heavy atom. The number of likely N-dealkylation sites (tertiary alicyclic amines) is 2. The summed E-state index contributed by atoms with van der Waals surface area (Å²) in [7, 11) is 0. The molecule has 2 atom stereocenters. The molecule has 28 heavy (non-hydrogen) atoms. The summed E-state index contributed by atoms with van der Waals surface area (Å²) in [6.45, 7) is 7.03. The zero-order valence-electron chi connectivity index (χ0n) is 16.5. The molecule has 8 heteroatoms. The molecule has 1 aromatic carbocycles. The van der Waals surface area contributed by atoms with Gasteiger partial charge in [-0.1, -0.05) is 12.1 Å². The summed E-state index contributed by atoms with van der Waals surface area (Å²) in [5.74, 6) is 0.617. The van der Waals surface area contributed by atoms with Crippen LogP contribution >= 0.6 is 0 Å². The van der Waals surface area contributed by atoms with Crippen molar-refractivity contribution in [2.24, 2.45) is 0 Å². The predicted molar refractivity (Wildman–Crippen MR) is 102 cm³/mol. The standard InChI is InChI=1S/C20H28N2O6/c1-20(2,3)28-19(26)22-10-15(11-22)27-14-6-4-13(5-7-14)16-8-9-21(18(24)25)12-17(16)23/h4-7,15-17,23H,8-12H2,1-3H3,(H,24,25). The first kappa shape index (κ1) is 20.3. The maximum absolute atomic E-state index is 11.9. The van der Waals surface area contributed by atoms with Gasteiger partial charge in [-0.3, -0.25) is 0 Å². The van der Waals surface area contributed by atoms with Crippen LogP contribution in [0.2, 0.25) is 0 Å². The number of aliphatic hydroxyl groups is 1. The lowest BCUT2D eigenvalue weighted by atomic mass is 9.87. The molecule has 0 saturated carbocycles. The molecule has 0 bridgehead atoms. The largest absolute Gasteiger partial charge is 0.487 e. The van der Waals surface area contributed by atoms with Crippen LogP contribution in [0, 0.1) is 0 Å². The minimum absolute atomic E-state index is 0.0669. The van der Waals surface area contributed by atoms with Crippen molar-refractivity contribution in [3.05, 3.63) is 29.8 Å². The molecule has 2 N–H and O–H groups in total. The van der Waals surface area contributed by atoms with Crippen molar-refractivity contribution in [1.82, 2.24) is 9.80 Å². The van der Waals surface area contributed by atoms with Gasteiger partial charge >= 0.3 is 12.2 Å². The zero-order chi connectivity index (χ0) is 20.5. The van der Waals surface area contributed by atoms with Crippen LogP contribution in [0.1, 0.15) is 38.7 Å². The number of hydrogen-bond acceptors (Lipinski definition) is 5. The summed E-state index contributed by atoms with van der Waals surface area (Å²) in [4.78, 5) is 25.8. The van der Waals surface area contributed by atoms with Gasteiger partial charge in [-0.15, -0.1) is 0 Å². The van der Waals surface area contributed by atoms with Gasteiger partial charge in [-0.2, -0.15) is 0 Å². The molecule has 154 valence electrons. The Morgan fingerprint density at radius 1 is 1.07 bits per heavy atom. The second-order valence-electron chi connectivity index (χ2n) is 8.39. The molecule has 2 aliphatic heterocycles. The van der Waals surface area contributed by atoms with Crippen LogP contribution in [0.4, 0.5) is 9.59 Å². The second kappa shape index (κ2) is 7.87. The van der Waals surface area contributed by atoms with Gasteiger partial charge in [-0.25, -0.2) is 9.59 Å². The minimum Gasteiger partial charge on any atom is -0.487 e. The molecule has 0 radical (unpaired) electrons. The summed E-state index contributed by atoms with van der Waals surface area (Å²) in [5.41, 5.74) is 0.457. The fourth-order valence-corrected chi connectivity index (χ4v) is 3.47.